The van der Waals surface area contributed by atoms with E-state index in [4.69, 9.17) is 4.74 Å². The van der Waals surface area contributed by atoms with Crippen LogP contribution in [0.1, 0.15) is 36.0 Å². The molecule has 2 aliphatic rings. The minimum Gasteiger partial charge on any atom is -0.496 e. The van der Waals surface area contributed by atoms with Gasteiger partial charge in [0.05, 0.1) is 23.6 Å². The quantitative estimate of drug-likeness (QED) is 0.876. The normalized spacial score (nSPS) is 18.4. The van der Waals surface area contributed by atoms with Crippen LogP contribution in [0.5, 0.6) is 5.75 Å². The van der Waals surface area contributed by atoms with Crippen molar-refractivity contribution in [2.24, 2.45) is 0 Å². The average molecular weight is 386 g/mol. The number of carbonyl (C=O) groups is 1. The molecule has 142 valence electrons. The molecule has 0 saturated carbocycles. The fourth-order valence-corrected chi connectivity index (χ4v) is 5.11. The second-order valence-electron chi connectivity index (χ2n) is 7.13. The average Bonchev–Trinajstić information content (AvgIpc) is 2.88. The van der Waals surface area contributed by atoms with Crippen LogP contribution < -0.4 is 14.4 Å². The van der Waals surface area contributed by atoms with Crippen LogP contribution in [-0.4, -0.2) is 28.0 Å². The highest BCUT2D eigenvalue weighted by molar-refractivity contribution is 7.92. The highest BCUT2D eigenvalue weighted by atomic mass is 32.2. The zero-order chi connectivity index (χ0) is 19.3. The van der Waals surface area contributed by atoms with Crippen molar-refractivity contribution in [3.05, 3.63) is 47.0 Å². The smallest absolute Gasteiger partial charge is 0.261 e. The van der Waals surface area contributed by atoms with Crippen molar-refractivity contribution in [1.29, 1.82) is 0 Å². The van der Waals surface area contributed by atoms with Gasteiger partial charge in [-0.25, -0.2) is 8.42 Å². The van der Waals surface area contributed by atoms with Gasteiger partial charge >= 0.3 is 0 Å². The van der Waals surface area contributed by atoms with Crippen molar-refractivity contribution in [3.8, 4) is 5.75 Å². The maximum absolute atomic E-state index is 12.8. The Kier molecular flexibility index (Phi) is 4.14. The van der Waals surface area contributed by atoms with E-state index in [-0.39, 0.29) is 16.7 Å². The summed E-state index contributed by atoms with van der Waals surface area (Å²) in [4.78, 5) is 14.5. The van der Waals surface area contributed by atoms with E-state index in [9.17, 15) is 13.2 Å². The molecule has 2 aromatic rings. The Bertz CT molecular complexity index is 1050. The third-order valence-electron chi connectivity index (χ3n) is 5.35. The number of methoxy groups -OCH3 is 1. The zero-order valence-electron chi connectivity index (χ0n) is 15.6. The van der Waals surface area contributed by atoms with E-state index in [1.165, 1.54) is 6.07 Å². The van der Waals surface area contributed by atoms with Crippen molar-refractivity contribution in [1.82, 2.24) is 0 Å². The fourth-order valence-electron chi connectivity index (χ4n) is 3.99. The van der Waals surface area contributed by atoms with E-state index in [1.54, 1.807) is 32.2 Å². The van der Waals surface area contributed by atoms with Crippen molar-refractivity contribution in [3.63, 3.8) is 0 Å². The first-order valence-electron chi connectivity index (χ1n) is 8.97. The lowest BCUT2D eigenvalue weighted by Gasteiger charge is -2.26. The number of hydrogen-bond donors (Lipinski definition) is 1. The molecule has 0 aliphatic carbocycles. The maximum atomic E-state index is 12.8. The Balaban J connectivity index is 1.71. The fraction of sp³-hybridized carbons (Fsp3) is 0.350. The third-order valence-corrected chi connectivity index (χ3v) is 6.73. The molecule has 1 atom stereocenters. The van der Waals surface area contributed by atoms with Crippen LogP contribution in [0, 0.1) is 6.92 Å². The van der Waals surface area contributed by atoms with Gasteiger partial charge in [-0.05, 0) is 73.7 Å². The summed E-state index contributed by atoms with van der Waals surface area (Å²) in [5, 5.41) is 0. The topological polar surface area (TPSA) is 75.7 Å². The summed E-state index contributed by atoms with van der Waals surface area (Å²) in [5.74, 6) is 0.490. The lowest BCUT2D eigenvalue weighted by Crippen LogP contribution is -2.32. The van der Waals surface area contributed by atoms with Gasteiger partial charge in [-0.1, -0.05) is 0 Å². The first kappa shape index (κ1) is 17.9. The van der Waals surface area contributed by atoms with Crippen LogP contribution in [0.2, 0.25) is 0 Å². The number of nitrogens with zero attached hydrogens (tertiary/aromatic N) is 1. The molecule has 0 bridgehead atoms. The van der Waals surface area contributed by atoms with Crippen LogP contribution in [0.25, 0.3) is 0 Å². The number of ether oxygens (including phenoxy) is 1. The molecule has 1 amide bonds. The second kappa shape index (κ2) is 6.27. The van der Waals surface area contributed by atoms with Gasteiger partial charge in [0.15, 0.2) is 0 Å². The van der Waals surface area contributed by atoms with Gasteiger partial charge in [0.2, 0.25) is 5.91 Å². The van der Waals surface area contributed by atoms with Crippen LogP contribution in [0.3, 0.4) is 0 Å². The van der Waals surface area contributed by atoms with Crippen molar-refractivity contribution in [2.75, 3.05) is 23.3 Å². The number of sulfonamides is 1. The number of benzene rings is 2. The Morgan fingerprint density at radius 1 is 1.22 bits per heavy atom. The molecule has 0 spiro atoms. The van der Waals surface area contributed by atoms with E-state index in [0.29, 0.717) is 11.4 Å². The van der Waals surface area contributed by atoms with Crippen LogP contribution in [0.15, 0.2) is 35.2 Å². The molecule has 0 fully saturated rings. The predicted molar refractivity (Wildman–Crippen MR) is 104 cm³/mol. The second-order valence-corrected chi connectivity index (χ2v) is 8.81. The summed E-state index contributed by atoms with van der Waals surface area (Å²) >= 11 is 0. The highest BCUT2D eigenvalue weighted by Gasteiger charge is 2.38. The summed E-state index contributed by atoms with van der Waals surface area (Å²) in [6, 6.07) is 8.41. The third kappa shape index (κ3) is 2.86. The number of amides is 1. The molecule has 2 aromatic carbocycles. The van der Waals surface area contributed by atoms with Gasteiger partial charge in [-0.2, -0.15) is 0 Å². The number of anilines is 2. The van der Waals surface area contributed by atoms with Gasteiger partial charge in [0.1, 0.15) is 5.75 Å². The van der Waals surface area contributed by atoms with E-state index in [2.05, 4.69) is 4.72 Å². The molecule has 0 radical (unpaired) electrons. The SMILES string of the molecule is COc1ccc(S(=O)(=O)Nc2cc3c4c(c2)[C@@H](C)C(=O)N4CCC3)cc1C. The van der Waals surface area contributed by atoms with Crippen LogP contribution in [0.4, 0.5) is 11.4 Å². The summed E-state index contributed by atoms with van der Waals surface area (Å²) in [5.41, 5.74) is 4.16. The molecular weight excluding hydrogens is 364 g/mol. The van der Waals surface area contributed by atoms with Gasteiger partial charge < -0.3 is 9.64 Å². The van der Waals surface area contributed by atoms with Crippen molar-refractivity contribution >= 4 is 27.3 Å². The lowest BCUT2D eigenvalue weighted by molar-refractivity contribution is -0.119. The van der Waals surface area contributed by atoms with Crippen LogP contribution >= 0.6 is 0 Å². The molecule has 1 N–H and O–H groups in total. The predicted octanol–water partition coefficient (Wildman–Crippen LogP) is 3.20. The van der Waals surface area contributed by atoms with Gasteiger partial charge in [-0.3, -0.25) is 9.52 Å². The number of carbonyl (C=O) groups excluding carboxylic acids is 1. The molecule has 2 aliphatic heterocycles. The zero-order valence-corrected chi connectivity index (χ0v) is 16.4. The van der Waals surface area contributed by atoms with E-state index >= 15 is 0 Å². The highest BCUT2D eigenvalue weighted by Crippen LogP contribution is 2.44. The van der Waals surface area contributed by atoms with Gasteiger partial charge in [0, 0.05) is 12.2 Å². The maximum Gasteiger partial charge on any atom is 0.261 e. The lowest BCUT2D eigenvalue weighted by atomic mass is 9.96. The Morgan fingerprint density at radius 3 is 2.70 bits per heavy atom. The molecule has 0 saturated heterocycles. The number of nitrogens with one attached hydrogen (secondary N) is 1. The summed E-state index contributed by atoms with van der Waals surface area (Å²) in [6.45, 7) is 4.42. The van der Waals surface area contributed by atoms with E-state index in [1.807, 2.05) is 17.9 Å². The standard InChI is InChI=1S/C20H22N2O4S/c1-12-9-16(6-7-18(12)26-3)27(24,25)21-15-10-14-5-4-8-22-19(14)17(11-15)13(2)20(22)23/h6-7,9-11,13,21H,4-5,8H2,1-3H3/t13-/m1/s1. The molecule has 0 unspecified atom stereocenters. The first-order valence-corrected chi connectivity index (χ1v) is 10.5. The Hall–Kier alpha value is -2.54. The van der Waals surface area contributed by atoms with Gasteiger partial charge in [0.25, 0.3) is 10.0 Å². The number of hydrogen-bond acceptors (Lipinski definition) is 4. The monoisotopic (exact) mass is 386 g/mol. The number of aryl methyl sites for hydroxylation is 2. The summed E-state index contributed by atoms with van der Waals surface area (Å²) in [7, 11) is -2.18. The van der Waals surface area contributed by atoms with E-state index in [0.717, 1.165) is 41.8 Å². The van der Waals surface area contributed by atoms with E-state index < -0.39 is 10.0 Å². The summed E-state index contributed by atoms with van der Waals surface area (Å²) < 4.78 is 33.6. The summed E-state index contributed by atoms with van der Waals surface area (Å²) in [6.07, 6.45) is 1.73. The molecule has 7 heteroatoms. The van der Waals surface area contributed by atoms with Crippen LogP contribution in [-0.2, 0) is 21.2 Å². The largest absolute Gasteiger partial charge is 0.496 e. The molecular formula is C20H22N2O4S. The van der Waals surface area contributed by atoms with Crippen molar-refractivity contribution < 1.29 is 17.9 Å². The van der Waals surface area contributed by atoms with Gasteiger partial charge in [-0.15, -0.1) is 0 Å². The minimum absolute atomic E-state index is 0.0942. The minimum atomic E-state index is -3.73. The Labute approximate surface area is 159 Å². The molecule has 2 heterocycles. The molecule has 4 rings (SSSR count). The Morgan fingerprint density at radius 2 is 2.00 bits per heavy atom. The molecule has 6 nitrogen and oxygen atoms in total. The first-order chi connectivity index (χ1) is 12.8. The number of rotatable bonds is 4. The molecule has 0 aromatic heterocycles. The molecule has 27 heavy (non-hydrogen) atoms. The van der Waals surface area contributed by atoms with Crippen molar-refractivity contribution in [2.45, 2.75) is 37.5 Å².